The first kappa shape index (κ1) is 12.2. The lowest BCUT2D eigenvalue weighted by atomic mass is 10.2. The van der Waals surface area contributed by atoms with E-state index in [9.17, 15) is 13.2 Å². The highest BCUT2D eigenvalue weighted by molar-refractivity contribution is 7.99. The zero-order valence-corrected chi connectivity index (χ0v) is 9.08. The van der Waals surface area contributed by atoms with Crippen molar-refractivity contribution in [2.45, 2.75) is 24.4 Å². The lowest BCUT2D eigenvalue weighted by molar-refractivity contribution is -0.137. The van der Waals surface area contributed by atoms with Crippen molar-refractivity contribution in [2.75, 3.05) is 11.5 Å². The van der Waals surface area contributed by atoms with Crippen LogP contribution >= 0.6 is 11.8 Å². The van der Waals surface area contributed by atoms with Gasteiger partial charge in [0.15, 0.2) is 0 Å². The van der Waals surface area contributed by atoms with E-state index in [1.54, 1.807) is 0 Å². The number of thioether (sulfide) groups is 1. The molecule has 0 saturated carbocycles. The van der Waals surface area contributed by atoms with Crippen LogP contribution in [0.2, 0.25) is 0 Å². The molecule has 0 saturated heterocycles. The molecule has 0 aliphatic rings. The lowest BCUT2D eigenvalue weighted by Crippen LogP contribution is -2.05. The molecule has 1 aromatic carbocycles. The molecule has 0 atom stereocenters. The molecule has 84 valence electrons. The third kappa shape index (κ3) is 3.34. The van der Waals surface area contributed by atoms with Gasteiger partial charge >= 0.3 is 6.18 Å². The summed E-state index contributed by atoms with van der Waals surface area (Å²) >= 11 is 1.47. The Balaban J connectivity index is 2.88. The van der Waals surface area contributed by atoms with Gasteiger partial charge in [0.2, 0.25) is 0 Å². The average molecular weight is 235 g/mol. The Morgan fingerprint density at radius 3 is 2.47 bits per heavy atom. The monoisotopic (exact) mass is 235 g/mol. The molecule has 0 aliphatic heterocycles. The fraction of sp³-hybridized carbons (Fsp3) is 0.400. The maximum Gasteiger partial charge on any atom is 0.416 e. The van der Waals surface area contributed by atoms with Crippen LogP contribution in [-0.2, 0) is 6.18 Å². The Bertz CT molecular complexity index is 336. The van der Waals surface area contributed by atoms with E-state index in [1.807, 2.05) is 6.92 Å². The van der Waals surface area contributed by atoms with Crippen LogP contribution in [0.5, 0.6) is 0 Å². The van der Waals surface area contributed by atoms with Gasteiger partial charge in [-0.15, -0.1) is 11.8 Å². The Kier molecular flexibility index (Phi) is 3.90. The molecule has 1 rings (SSSR count). The summed E-state index contributed by atoms with van der Waals surface area (Å²) in [5.41, 5.74) is 5.04. The minimum absolute atomic E-state index is 0.197. The summed E-state index contributed by atoms with van der Waals surface area (Å²) in [6.45, 7) is 2.01. The minimum atomic E-state index is -4.32. The normalized spacial score (nSPS) is 11.7. The maximum absolute atomic E-state index is 12.3. The van der Waals surface area contributed by atoms with E-state index in [-0.39, 0.29) is 5.69 Å². The number of anilines is 1. The number of nitrogen functional groups attached to an aromatic ring is 1. The summed E-state index contributed by atoms with van der Waals surface area (Å²) in [6, 6.07) is 3.48. The van der Waals surface area contributed by atoms with Crippen molar-refractivity contribution in [3.8, 4) is 0 Å². The second kappa shape index (κ2) is 4.79. The second-order valence-corrected chi connectivity index (χ2v) is 4.24. The molecule has 5 heteroatoms. The molecule has 0 aromatic heterocycles. The first-order valence-corrected chi connectivity index (χ1v) is 5.53. The Morgan fingerprint density at radius 1 is 1.33 bits per heavy atom. The molecular formula is C10H12F3NS. The standard InChI is InChI=1S/C10H12F3NS/c1-2-5-15-9-4-3-7(6-8(9)14)10(11,12)13/h3-4,6H,2,5,14H2,1H3. The van der Waals surface area contributed by atoms with Crippen molar-refractivity contribution in [1.82, 2.24) is 0 Å². The van der Waals surface area contributed by atoms with Crippen LogP contribution in [0.25, 0.3) is 0 Å². The lowest BCUT2D eigenvalue weighted by Gasteiger charge is -2.10. The zero-order chi connectivity index (χ0) is 11.5. The van der Waals surface area contributed by atoms with Crippen molar-refractivity contribution in [3.63, 3.8) is 0 Å². The van der Waals surface area contributed by atoms with E-state index in [4.69, 9.17) is 5.73 Å². The highest BCUT2D eigenvalue weighted by atomic mass is 32.2. The van der Waals surface area contributed by atoms with E-state index in [0.29, 0.717) is 4.90 Å². The van der Waals surface area contributed by atoms with Crippen LogP contribution in [0.1, 0.15) is 18.9 Å². The second-order valence-electron chi connectivity index (χ2n) is 3.10. The van der Waals surface area contributed by atoms with Gasteiger partial charge < -0.3 is 5.73 Å². The minimum Gasteiger partial charge on any atom is -0.398 e. The van der Waals surface area contributed by atoms with E-state index in [1.165, 1.54) is 17.8 Å². The number of hydrogen-bond acceptors (Lipinski definition) is 2. The number of hydrogen-bond donors (Lipinski definition) is 1. The molecule has 1 aromatic rings. The first-order chi connectivity index (χ1) is 6.95. The summed E-state index contributed by atoms with van der Waals surface area (Å²) in [4.78, 5) is 0.713. The van der Waals surface area contributed by atoms with Gasteiger partial charge in [0.1, 0.15) is 0 Å². The van der Waals surface area contributed by atoms with Crippen molar-refractivity contribution in [1.29, 1.82) is 0 Å². The summed E-state index contributed by atoms with van der Waals surface area (Å²) in [5.74, 6) is 0.857. The molecule has 0 unspecified atom stereocenters. The van der Waals surface area contributed by atoms with Gasteiger partial charge in [-0.3, -0.25) is 0 Å². The number of benzene rings is 1. The summed E-state index contributed by atoms with van der Waals surface area (Å²) in [5, 5.41) is 0. The van der Waals surface area contributed by atoms with Gasteiger partial charge in [0, 0.05) is 10.6 Å². The molecule has 0 heterocycles. The zero-order valence-electron chi connectivity index (χ0n) is 8.27. The fourth-order valence-electron chi connectivity index (χ4n) is 1.07. The van der Waals surface area contributed by atoms with Gasteiger partial charge in [-0.1, -0.05) is 6.92 Å². The van der Waals surface area contributed by atoms with Crippen molar-refractivity contribution in [3.05, 3.63) is 23.8 Å². The van der Waals surface area contributed by atoms with Crippen LogP contribution in [0, 0.1) is 0 Å². The molecule has 0 amide bonds. The van der Waals surface area contributed by atoms with Crippen LogP contribution in [0.3, 0.4) is 0 Å². The highest BCUT2D eigenvalue weighted by Crippen LogP contribution is 2.34. The molecule has 15 heavy (non-hydrogen) atoms. The molecule has 1 nitrogen and oxygen atoms in total. The predicted molar refractivity (Wildman–Crippen MR) is 56.9 cm³/mol. The third-order valence-electron chi connectivity index (χ3n) is 1.80. The van der Waals surface area contributed by atoms with E-state index in [0.717, 1.165) is 24.3 Å². The number of halogens is 3. The van der Waals surface area contributed by atoms with Gasteiger partial charge in [-0.05, 0) is 30.4 Å². The summed E-state index contributed by atoms with van der Waals surface area (Å²) < 4.78 is 36.9. The molecule has 2 N–H and O–H groups in total. The van der Waals surface area contributed by atoms with Crippen molar-refractivity contribution < 1.29 is 13.2 Å². The first-order valence-electron chi connectivity index (χ1n) is 4.54. The van der Waals surface area contributed by atoms with Gasteiger partial charge in [-0.2, -0.15) is 13.2 Å². The van der Waals surface area contributed by atoms with Crippen LogP contribution in [-0.4, -0.2) is 5.75 Å². The maximum atomic E-state index is 12.3. The van der Waals surface area contributed by atoms with Gasteiger partial charge in [0.25, 0.3) is 0 Å². The Hall–Kier alpha value is -0.840. The fourth-order valence-corrected chi connectivity index (χ4v) is 1.88. The van der Waals surface area contributed by atoms with Crippen LogP contribution < -0.4 is 5.73 Å². The SMILES string of the molecule is CCCSc1ccc(C(F)(F)F)cc1N. The number of rotatable bonds is 3. The van der Waals surface area contributed by atoms with Crippen molar-refractivity contribution in [2.24, 2.45) is 0 Å². The van der Waals surface area contributed by atoms with Gasteiger partial charge in [-0.25, -0.2) is 0 Å². The molecule has 0 fully saturated rings. The van der Waals surface area contributed by atoms with Crippen LogP contribution in [0.15, 0.2) is 23.1 Å². The smallest absolute Gasteiger partial charge is 0.398 e. The molecule has 0 aliphatic carbocycles. The van der Waals surface area contributed by atoms with E-state index < -0.39 is 11.7 Å². The Labute approximate surface area is 90.9 Å². The van der Waals surface area contributed by atoms with Crippen molar-refractivity contribution >= 4 is 17.4 Å². The van der Waals surface area contributed by atoms with E-state index in [2.05, 4.69) is 0 Å². The van der Waals surface area contributed by atoms with Crippen LogP contribution in [0.4, 0.5) is 18.9 Å². The average Bonchev–Trinajstić information content (AvgIpc) is 2.14. The van der Waals surface area contributed by atoms with E-state index >= 15 is 0 Å². The largest absolute Gasteiger partial charge is 0.416 e. The van der Waals surface area contributed by atoms with Gasteiger partial charge in [0.05, 0.1) is 5.56 Å². The number of alkyl halides is 3. The topological polar surface area (TPSA) is 26.0 Å². The third-order valence-corrected chi connectivity index (χ3v) is 3.09. The molecule has 0 spiro atoms. The quantitative estimate of drug-likeness (QED) is 0.637. The number of nitrogens with two attached hydrogens (primary N) is 1. The summed E-state index contributed by atoms with van der Waals surface area (Å²) in [7, 11) is 0. The molecule has 0 bridgehead atoms. The highest BCUT2D eigenvalue weighted by Gasteiger charge is 2.30. The Morgan fingerprint density at radius 2 is 2.00 bits per heavy atom. The molecular weight excluding hydrogens is 223 g/mol. The summed E-state index contributed by atoms with van der Waals surface area (Å²) in [6.07, 6.45) is -3.35. The molecule has 0 radical (unpaired) electrons. The predicted octanol–water partition coefficient (Wildman–Crippen LogP) is 3.79.